The van der Waals surface area contributed by atoms with Gasteiger partial charge in [0.05, 0.1) is 5.69 Å². The lowest BCUT2D eigenvalue weighted by Gasteiger charge is -2.46. The maximum atomic E-state index is 13.6. The predicted octanol–water partition coefficient (Wildman–Crippen LogP) is 3.76. The minimum atomic E-state index is -0.142. The molecule has 1 spiro atoms. The molecule has 7 heteroatoms. The summed E-state index contributed by atoms with van der Waals surface area (Å²) in [5.74, 6) is 0.887. The average molecular weight is 431 g/mol. The molecule has 0 radical (unpaired) electrons. The second-order valence-electron chi connectivity index (χ2n) is 9.37. The van der Waals surface area contributed by atoms with E-state index in [0.717, 1.165) is 43.0 Å². The van der Waals surface area contributed by atoms with Gasteiger partial charge in [-0.05, 0) is 51.3 Å². The van der Waals surface area contributed by atoms with E-state index < -0.39 is 0 Å². The smallest absolute Gasteiger partial charge is 0.254 e. The van der Waals surface area contributed by atoms with Gasteiger partial charge in [0.15, 0.2) is 0 Å². The van der Waals surface area contributed by atoms with Crippen molar-refractivity contribution in [2.45, 2.75) is 51.6 Å². The van der Waals surface area contributed by atoms with Gasteiger partial charge in [-0.3, -0.25) is 9.48 Å². The van der Waals surface area contributed by atoms with Crippen LogP contribution in [-0.2, 0) is 12.0 Å². The van der Waals surface area contributed by atoms with Gasteiger partial charge in [0, 0.05) is 67.4 Å². The third-order valence-corrected chi connectivity index (χ3v) is 6.91. The molecular weight excluding hydrogens is 400 g/mol. The van der Waals surface area contributed by atoms with E-state index in [0.29, 0.717) is 13.1 Å². The second-order valence-corrected chi connectivity index (χ2v) is 9.37. The van der Waals surface area contributed by atoms with E-state index in [4.69, 9.17) is 5.10 Å². The first-order valence-corrected chi connectivity index (χ1v) is 11.4. The predicted molar refractivity (Wildman–Crippen MR) is 124 cm³/mol. The van der Waals surface area contributed by atoms with Crippen molar-refractivity contribution in [3.8, 4) is 0 Å². The summed E-state index contributed by atoms with van der Waals surface area (Å²) in [6, 6.07) is 10.0. The van der Waals surface area contributed by atoms with Crippen LogP contribution in [0.2, 0.25) is 0 Å². The van der Waals surface area contributed by atoms with Crippen molar-refractivity contribution in [1.82, 2.24) is 24.6 Å². The fourth-order valence-corrected chi connectivity index (χ4v) is 5.07. The van der Waals surface area contributed by atoms with Gasteiger partial charge in [-0.25, -0.2) is 9.97 Å². The van der Waals surface area contributed by atoms with Crippen molar-refractivity contribution in [3.05, 3.63) is 71.3 Å². The lowest BCUT2D eigenvalue weighted by Crippen LogP contribution is -2.53. The number of benzene rings is 1. The average Bonchev–Trinajstić information content (AvgIpc) is 3.26. The van der Waals surface area contributed by atoms with Crippen molar-refractivity contribution >= 4 is 11.9 Å². The molecule has 0 N–H and O–H groups in total. The lowest BCUT2D eigenvalue weighted by atomic mass is 9.72. The molecular formula is C25H30N6O. The Morgan fingerprint density at radius 3 is 2.47 bits per heavy atom. The number of hydrogen-bond donors (Lipinski definition) is 0. The van der Waals surface area contributed by atoms with Crippen LogP contribution in [0.25, 0.3) is 0 Å². The van der Waals surface area contributed by atoms with Crippen LogP contribution in [0.1, 0.15) is 59.9 Å². The Kier molecular flexibility index (Phi) is 5.19. The number of nitrogens with zero attached hydrogens (tertiary/aromatic N) is 6. The molecule has 2 aliphatic rings. The molecule has 7 nitrogen and oxygen atoms in total. The number of hydrogen-bond acceptors (Lipinski definition) is 5. The highest BCUT2D eigenvalue weighted by Crippen LogP contribution is 2.42. The number of carbonyl (C=O) groups is 1. The zero-order valence-corrected chi connectivity index (χ0v) is 19.0. The number of amides is 1. The molecule has 1 aromatic carbocycles. The molecule has 5 rings (SSSR count). The first kappa shape index (κ1) is 20.7. The Morgan fingerprint density at radius 1 is 1.06 bits per heavy atom. The molecule has 2 aliphatic heterocycles. The summed E-state index contributed by atoms with van der Waals surface area (Å²) in [7, 11) is 0. The number of rotatable bonds is 3. The van der Waals surface area contributed by atoms with Crippen LogP contribution in [0.3, 0.4) is 0 Å². The van der Waals surface area contributed by atoms with Gasteiger partial charge >= 0.3 is 0 Å². The molecule has 1 amide bonds. The largest absolute Gasteiger partial charge is 0.341 e. The van der Waals surface area contributed by atoms with Gasteiger partial charge in [0.2, 0.25) is 5.95 Å². The van der Waals surface area contributed by atoms with E-state index in [1.54, 1.807) is 12.4 Å². The lowest BCUT2D eigenvalue weighted by molar-refractivity contribution is 0.0643. The molecule has 1 fully saturated rings. The van der Waals surface area contributed by atoms with Crippen molar-refractivity contribution < 1.29 is 4.79 Å². The van der Waals surface area contributed by atoms with Crippen molar-refractivity contribution in [2.24, 2.45) is 0 Å². The number of carbonyl (C=O) groups excluding carboxylic acids is 1. The molecule has 3 aromatic rings. The standard InChI is InChI=1S/C25H30N6O/c1-18(2)31-16-20-15-30(23(32)21-8-5-4-7-19(21)3)17-25(22(20)28-31)9-13-29(14-10-25)24-26-11-6-12-27-24/h4-8,11-12,16,18H,9-10,13-15,17H2,1-3H3. The Labute approximate surface area is 189 Å². The molecule has 0 saturated carbocycles. The third kappa shape index (κ3) is 3.55. The fourth-order valence-electron chi connectivity index (χ4n) is 5.07. The van der Waals surface area contributed by atoms with E-state index in [9.17, 15) is 4.79 Å². The summed E-state index contributed by atoms with van der Waals surface area (Å²) >= 11 is 0. The number of piperidine rings is 1. The molecule has 166 valence electrons. The topological polar surface area (TPSA) is 67.2 Å². The summed E-state index contributed by atoms with van der Waals surface area (Å²) in [5.41, 5.74) is 4.02. The summed E-state index contributed by atoms with van der Waals surface area (Å²) in [6.45, 7) is 9.32. The van der Waals surface area contributed by atoms with Gasteiger partial charge in [-0.15, -0.1) is 0 Å². The van der Waals surface area contributed by atoms with Crippen molar-refractivity contribution in [3.63, 3.8) is 0 Å². The quantitative estimate of drug-likeness (QED) is 0.633. The Balaban J connectivity index is 1.47. The molecule has 0 atom stereocenters. The Bertz CT molecular complexity index is 1110. The van der Waals surface area contributed by atoms with Crippen LogP contribution < -0.4 is 4.90 Å². The van der Waals surface area contributed by atoms with E-state index >= 15 is 0 Å². The van der Waals surface area contributed by atoms with Crippen LogP contribution in [0, 0.1) is 6.92 Å². The monoisotopic (exact) mass is 430 g/mol. The fraction of sp³-hybridized carbons (Fsp3) is 0.440. The van der Waals surface area contributed by atoms with Gasteiger partial charge in [0.1, 0.15) is 0 Å². The minimum Gasteiger partial charge on any atom is -0.341 e. The normalized spacial score (nSPS) is 17.6. The molecule has 0 aliphatic carbocycles. The van der Waals surface area contributed by atoms with Crippen molar-refractivity contribution in [1.29, 1.82) is 0 Å². The number of anilines is 1. The van der Waals surface area contributed by atoms with E-state index in [1.165, 1.54) is 11.3 Å². The van der Waals surface area contributed by atoms with Crippen LogP contribution in [0.15, 0.2) is 48.9 Å². The van der Waals surface area contributed by atoms with Crippen LogP contribution in [0.5, 0.6) is 0 Å². The van der Waals surface area contributed by atoms with E-state index in [-0.39, 0.29) is 17.4 Å². The molecule has 2 aromatic heterocycles. The zero-order chi connectivity index (χ0) is 22.3. The highest BCUT2D eigenvalue weighted by atomic mass is 16.2. The van der Waals surface area contributed by atoms with E-state index in [2.05, 4.69) is 39.6 Å². The van der Waals surface area contributed by atoms with Gasteiger partial charge in [0.25, 0.3) is 5.91 Å². The van der Waals surface area contributed by atoms with Gasteiger partial charge in [-0.2, -0.15) is 5.10 Å². The van der Waals surface area contributed by atoms with Gasteiger partial charge in [-0.1, -0.05) is 18.2 Å². The molecule has 0 bridgehead atoms. The number of aryl methyl sites for hydroxylation is 1. The third-order valence-electron chi connectivity index (χ3n) is 6.91. The Hall–Kier alpha value is -3.22. The number of aromatic nitrogens is 4. The number of fused-ring (bicyclic) bond motifs is 2. The molecule has 4 heterocycles. The second kappa shape index (κ2) is 8.04. The van der Waals surface area contributed by atoms with E-state index in [1.807, 2.05) is 42.2 Å². The summed E-state index contributed by atoms with van der Waals surface area (Å²) in [6.07, 6.45) is 7.57. The van der Waals surface area contributed by atoms with Crippen molar-refractivity contribution in [2.75, 3.05) is 24.5 Å². The van der Waals surface area contributed by atoms with Gasteiger partial charge < -0.3 is 9.80 Å². The summed E-state index contributed by atoms with van der Waals surface area (Å²) in [4.78, 5) is 26.7. The first-order valence-electron chi connectivity index (χ1n) is 11.4. The summed E-state index contributed by atoms with van der Waals surface area (Å²) < 4.78 is 2.06. The maximum absolute atomic E-state index is 13.6. The van der Waals surface area contributed by atoms with Crippen LogP contribution in [0.4, 0.5) is 5.95 Å². The highest BCUT2D eigenvalue weighted by molar-refractivity contribution is 5.95. The molecule has 32 heavy (non-hydrogen) atoms. The highest BCUT2D eigenvalue weighted by Gasteiger charge is 2.46. The SMILES string of the molecule is Cc1ccccc1C(=O)N1Cc2cn(C(C)C)nc2C2(CCN(c3ncccn3)CC2)C1. The zero-order valence-electron chi connectivity index (χ0n) is 19.0. The first-order chi connectivity index (χ1) is 15.5. The van der Waals surface area contributed by atoms with Crippen LogP contribution >= 0.6 is 0 Å². The maximum Gasteiger partial charge on any atom is 0.254 e. The van der Waals surface area contributed by atoms with Crippen LogP contribution in [-0.4, -0.2) is 50.2 Å². The summed E-state index contributed by atoms with van der Waals surface area (Å²) in [5, 5.41) is 5.04. The minimum absolute atomic E-state index is 0.110. The Morgan fingerprint density at radius 2 is 1.78 bits per heavy atom. The molecule has 0 unspecified atom stereocenters. The molecule has 1 saturated heterocycles.